The van der Waals surface area contributed by atoms with E-state index in [1.54, 1.807) is 13.3 Å². The van der Waals surface area contributed by atoms with Crippen LogP contribution < -0.4 is 4.90 Å². The third-order valence-electron chi connectivity index (χ3n) is 3.79. The normalized spacial score (nSPS) is 15.7. The van der Waals surface area contributed by atoms with E-state index in [1.807, 2.05) is 11.0 Å². The first-order chi connectivity index (χ1) is 9.65. The Labute approximate surface area is 118 Å². The Morgan fingerprint density at radius 1 is 1.15 bits per heavy atom. The van der Waals surface area contributed by atoms with Crippen LogP contribution >= 0.6 is 0 Å². The molecule has 0 atom stereocenters. The Morgan fingerprint density at radius 2 is 1.90 bits per heavy atom. The van der Waals surface area contributed by atoms with Gasteiger partial charge < -0.3 is 9.80 Å². The predicted molar refractivity (Wildman–Crippen MR) is 78.7 cm³/mol. The van der Waals surface area contributed by atoms with E-state index >= 15 is 0 Å². The van der Waals surface area contributed by atoms with E-state index in [1.165, 1.54) is 5.56 Å². The lowest BCUT2D eigenvalue weighted by atomic mass is 10.1. The van der Waals surface area contributed by atoms with Gasteiger partial charge in [-0.25, -0.2) is 9.97 Å². The molecule has 0 unspecified atom stereocenters. The lowest BCUT2D eigenvalue weighted by molar-refractivity contribution is -0.129. The molecule has 1 aromatic heterocycles. The molecule has 1 aliphatic rings. The number of hydrogen-bond donors (Lipinski definition) is 0. The topological polar surface area (TPSA) is 49.3 Å². The molecule has 20 heavy (non-hydrogen) atoms. The van der Waals surface area contributed by atoms with Gasteiger partial charge in [-0.1, -0.05) is 11.6 Å². The van der Waals surface area contributed by atoms with Crippen LogP contribution in [0.15, 0.2) is 24.5 Å². The van der Waals surface area contributed by atoms with Crippen LogP contribution in [0.5, 0.6) is 0 Å². The zero-order valence-corrected chi connectivity index (χ0v) is 11.8. The quantitative estimate of drug-likeness (QED) is 0.790. The van der Waals surface area contributed by atoms with Crippen molar-refractivity contribution in [2.45, 2.75) is 13.8 Å². The number of carbonyl (C=O) groups is 1. The number of aryl methyl sites for hydroxylation is 1. The van der Waals surface area contributed by atoms with Gasteiger partial charge in [-0.3, -0.25) is 4.79 Å². The van der Waals surface area contributed by atoms with Crippen LogP contribution in [-0.2, 0) is 4.79 Å². The third kappa shape index (κ3) is 2.31. The van der Waals surface area contributed by atoms with Crippen LogP contribution in [-0.4, -0.2) is 47.0 Å². The molecule has 0 saturated carbocycles. The van der Waals surface area contributed by atoms with Crippen LogP contribution in [0.3, 0.4) is 0 Å². The van der Waals surface area contributed by atoms with Crippen molar-refractivity contribution >= 4 is 22.6 Å². The minimum atomic E-state index is 0.146. The zero-order chi connectivity index (χ0) is 14.1. The van der Waals surface area contributed by atoms with Crippen molar-refractivity contribution in [1.29, 1.82) is 0 Å². The maximum absolute atomic E-state index is 11.4. The second-order valence-corrected chi connectivity index (χ2v) is 5.21. The first-order valence-electron chi connectivity index (χ1n) is 6.87. The molecule has 0 aliphatic carbocycles. The van der Waals surface area contributed by atoms with Crippen LogP contribution in [0.1, 0.15) is 12.5 Å². The van der Waals surface area contributed by atoms with Crippen molar-refractivity contribution in [3.05, 3.63) is 30.1 Å². The number of hydrogen-bond acceptors (Lipinski definition) is 4. The maximum Gasteiger partial charge on any atom is 0.219 e. The molecule has 5 nitrogen and oxygen atoms in total. The molecule has 1 aromatic carbocycles. The van der Waals surface area contributed by atoms with E-state index in [0.717, 1.165) is 42.9 Å². The molecule has 2 aromatic rings. The molecule has 0 bridgehead atoms. The van der Waals surface area contributed by atoms with E-state index in [0.29, 0.717) is 0 Å². The number of amides is 1. The first kappa shape index (κ1) is 12.8. The van der Waals surface area contributed by atoms with Crippen molar-refractivity contribution in [2.24, 2.45) is 0 Å². The number of benzene rings is 1. The summed E-state index contributed by atoms with van der Waals surface area (Å²) in [5.41, 5.74) is 2.17. The average Bonchev–Trinajstić information content (AvgIpc) is 2.46. The van der Waals surface area contributed by atoms with Crippen molar-refractivity contribution < 1.29 is 4.79 Å². The van der Waals surface area contributed by atoms with Crippen molar-refractivity contribution in [2.75, 3.05) is 31.1 Å². The number of anilines is 1. The van der Waals surface area contributed by atoms with E-state index in [2.05, 4.69) is 33.9 Å². The number of aromatic nitrogens is 2. The van der Waals surface area contributed by atoms with Gasteiger partial charge in [0.25, 0.3) is 0 Å². The third-order valence-corrected chi connectivity index (χ3v) is 3.79. The minimum Gasteiger partial charge on any atom is -0.352 e. The Morgan fingerprint density at radius 3 is 2.60 bits per heavy atom. The molecule has 1 aliphatic heterocycles. The summed E-state index contributed by atoms with van der Waals surface area (Å²) in [6.07, 6.45) is 1.62. The summed E-state index contributed by atoms with van der Waals surface area (Å²) in [4.78, 5) is 24.3. The highest BCUT2D eigenvalue weighted by Crippen LogP contribution is 2.24. The van der Waals surface area contributed by atoms with E-state index < -0.39 is 0 Å². The van der Waals surface area contributed by atoms with Gasteiger partial charge in [-0.15, -0.1) is 0 Å². The molecule has 3 rings (SSSR count). The fraction of sp³-hybridized carbons (Fsp3) is 0.400. The molecular formula is C15H18N4O. The molecule has 2 heterocycles. The Hall–Kier alpha value is -2.17. The van der Waals surface area contributed by atoms with Crippen LogP contribution in [0.2, 0.25) is 0 Å². The SMILES string of the molecule is CC(=O)N1CCN(c2ncnc3ccc(C)cc23)CC1. The molecular weight excluding hydrogens is 252 g/mol. The van der Waals surface area contributed by atoms with Crippen LogP contribution in [0, 0.1) is 6.92 Å². The fourth-order valence-corrected chi connectivity index (χ4v) is 2.64. The standard InChI is InChI=1S/C15H18N4O/c1-11-3-4-14-13(9-11)15(17-10-16-14)19-7-5-18(6-8-19)12(2)20/h3-4,9-10H,5-8H2,1-2H3. The Bertz CT molecular complexity index is 647. The lowest BCUT2D eigenvalue weighted by Gasteiger charge is -2.35. The van der Waals surface area contributed by atoms with Gasteiger partial charge in [0.05, 0.1) is 5.52 Å². The summed E-state index contributed by atoms with van der Waals surface area (Å²) >= 11 is 0. The second kappa shape index (κ2) is 5.07. The van der Waals surface area contributed by atoms with Gasteiger partial charge in [0.15, 0.2) is 0 Å². The molecule has 0 spiro atoms. The Kier molecular flexibility index (Phi) is 3.26. The number of rotatable bonds is 1. The molecule has 104 valence electrons. The first-order valence-corrected chi connectivity index (χ1v) is 6.87. The van der Waals surface area contributed by atoms with E-state index in [9.17, 15) is 4.79 Å². The summed E-state index contributed by atoms with van der Waals surface area (Å²) in [5.74, 6) is 1.12. The van der Waals surface area contributed by atoms with Gasteiger partial charge >= 0.3 is 0 Å². The van der Waals surface area contributed by atoms with Gasteiger partial charge in [0.1, 0.15) is 12.1 Å². The summed E-state index contributed by atoms with van der Waals surface area (Å²) < 4.78 is 0. The molecule has 1 saturated heterocycles. The minimum absolute atomic E-state index is 0.146. The molecule has 1 fully saturated rings. The van der Waals surface area contributed by atoms with Crippen LogP contribution in [0.4, 0.5) is 5.82 Å². The highest BCUT2D eigenvalue weighted by Gasteiger charge is 2.21. The zero-order valence-electron chi connectivity index (χ0n) is 11.8. The number of piperazine rings is 1. The molecule has 0 N–H and O–H groups in total. The average molecular weight is 270 g/mol. The van der Waals surface area contributed by atoms with Gasteiger partial charge in [-0.2, -0.15) is 0 Å². The second-order valence-electron chi connectivity index (χ2n) is 5.21. The van der Waals surface area contributed by atoms with Crippen LogP contribution in [0.25, 0.3) is 10.9 Å². The van der Waals surface area contributed by atoms with Gasteiger partial charge in [0.2, 0.25) is 5.91 Å². The summed E-state index contributed by atoms with van der Waals surface area (Å²) in [6, 6.07) is 6.22. The molecule has 0 radical (unpaired) electrons. The largest absolute Gasteiger partial charge is 0.352 e. The number of fused-ring (bicyclic) bond motifs is 1. The van der Waals surface area contributed by atoms with Crippen molar-refractivity contribution in [1.82, 2.24) is 14.9 Å². The summed E-state index contributed by atoms with van der Waals surface area (Å²) in [6.45, 7) is 6.85. The maximum atomic E-state index is 11.4. The summed E-state index contributed by atoms with van der Waals surface area (Å²) in [5, 5.41) is 1.09. The van der Waals surface area contributed by atoms with Crippen molar-refractivity contribution in [3.8, 4) is 0 Å². The number of nitrogens with zero attached hydrogens (tertiary/aromatic N) is 4. The van der Waals surface area contributed by atoms with E-state index in [-0.39, 0.29) is 5.91 Å². The highest BCUT2D eigenvalue weighted by atomic mass is 16.2. The van der Waals surface area contributed by atoms with Gasteiger partial charge in [0, 0.05) is 38.5 Å². The predicted octanol–water partition coefficient (Wildman–Crippen LogP) is 1.61. The Balaban J connectivity index is 1.91. The fourth-order valence-electron chi connectivity index (χ4n) is 2.64. The number of carbonyl (C=O) groups excluding carboxylic acids is 1. The van der Waals surface area contributed by atoms with Crippen molar-refractivity contribution in [3.63, 3.8) is 0 Å². The monoisotopic (exact) mass is 270 g/mol. The summed E-state index contributed by atoms with van der Waals surface area (Å²) in [7, 11) is 0. The smallest absolute Gasteiger partial charge is 0.219 e. The lowest BCUT2D eigenvalue weighted by Crippen LogP contribution is -2.48. The van der Waals surface area contributed by atoms with Gasteiger partial charge in [-0.05, 0) is 19.1 Å². The van der Waals surface area contributed by atoms with E-state index in [4.69, 9.17) is 0 Å². The highest BCUT2D eigenvalue weighted by molar-refractivity contribution is 5.90. The molecule has 5 heteroatoms. The molecule has 1 amide bonds.